The lowest BCUT2D eigenvalue weighted by molar-refractivity contribution is -0.898. The lowest BCUT2D eigenvalue weighted by Gasteiger charge is -2.28. The summed E-state index contributed by atoms with van der Waals surface area (Å²) in [5.41, 5.74) is 2.43. The van der Waals surface area contributed by atoms with Crippen molar-refractivity contribution in [2.75, 3.05) is 53.4 Å². The molecule has 48 heavy (non-hydrogen) atoms. The van der Waals surface area contributed by atoms with Crippen LogP contribution >= 0.6 is 0 Å². The van der Waals surface area contributed by atoms with Crippen molar-refractivity contribution in [1.82, 2.24) is 30.0 Å². The van der Waals surface area contributed by atoms with Crippen LogP contribution in [0.1, 0.15) is 68.9 Å². The number of ether oxygens (including phenoxy) is 2. The molecule has 0 radical (unpaired) electrons. The van der Waals surface area contributed by atoms with Gasteiger partial charge in [-0.15, -0.1) is 10.2 Å². The van der Waals surface area contributed by atoms with Crippen LogP contribution in [-0.2, 0) is 26.3 Å². The molecule has 12 nitrogen and oxygen atoms in total. The third-order valence-electron chi connectivity index (χ3n) is 9.95. The van der Waals surface area contributed by atoms with E-state index in [-0.39, 0.29) is 83.9 Å². The Labute approximate surface area is 315 Å². The predicted octanol–water partition coefficient (Wildman–Crippen LogP) is -2.71. The molecule has 0 atom stereocenters. The van der Waals surface area contributed by atoms with E-state index < -0.39 is 0 Å². The molecule has 4 aromatic rings. The number of likely N-dealkylation sites (tertiary alicyclic amines) is 2. The molecule has 2 saturated heterocycles. The normalized spacial score (nSPS) is 17.3. The van der Waals surface area contributed by atoms with Gasteiger partial charge in [-0.2, -0.15) is 0 Å². The van der Waals surface area contributed by atoms with Crippen LogP contribution in [0.25, 0.3) is 0 Å². The zero-order valence-corrected chi connectivity index (χ0v) is 31.8. The first-order valence-electron chi connectivity index (χ1n) is 16.4. The minimum absolute atomic E-state index is 0. The summed E-state index contributed by atoms with van der Waals surface area (Å²) in [6.45, 7) is 8.69. The first-order chi connectivity index (χ1) is 22.3. The first kappa shape index (κ1) is 36.3. The molecule has 1 aliphatic carbocycles. The molecule has 2 aromatic heterocycles. The van der Waals surface area contributed by atoms with Crippen molar-refractivity contribution in [3.8, 4) is 11.5 Å². The monoisotopic (exact) mass is 880 g/mol. The van der Waals surface area contributed by atoms with Gasteiger partial charge in [0.2, 0.25) is 0 Å². The smallest absolute Gasteiger partial charge is 0.198 e. The molecule has 256 valence electrons. The summed E-state index contributed by atoms with van der Waals surface area (Å²) in [5.74, 6) is 0.140. The van der Waals surface area contributed by atoms with Crippen LogP contribution in [0.5, 0.6) is 11.5 Å². The van der Waals surface area contributed by atoms with E-state index in [1.54, 1.807) is 36.4 Å². The standard InChI is InChI=1S/C34H42N8O4.2HI/c1-41(15-3-4-16-41)19-13-39-21-25(35-37-39)23-45-29-11-7-9-27-31(29)33(43)28-10-8-12-30(32(28)34(27)44)46-24-26-22-40(38-36-26)14-20-42(2)17-5-6-18-42;;/h7-12,21-22H,3-6,13-20,23-24H2,1-2H3;2*1H/q+2;;/p-2. The predicted molar refractivity (Wildman–Crippen MR) is 168 cm³/mol. The molecular weight excluding hydrogens is 838 g/mol. The molecule has 14 heteroatoms. The van der Waals surface area contributed by atoms with Gasteiger partial charge in [0.25, 0.3) is 0 Å². The van der Waals surface area contributed by atoms with Gasteiger partial charge in [-0.1, -0.05) is 34.7 Å². The Kier molecular flexibility index (Phi) is 11.6. The molecule has 0 N–H and O–H groups in total. The minimum Gasteiger partial charge on any atom is -1.00 e. The summed E-state index contributed by atoms with van der Waals surface area (Å²) in [4.78, 5) is 27.6. The number of nitrogens with zero attached hydrogens (tertiary/aromatic N) is 8. The van der Waals surface area contributed by atoms with Crippen LogP contribution in [0.15, 0.2) is 48.8 Å². The van der Waals surface area contributed by atoms with Crippen LogP contribution in [-0.4, -0.2) is 104 Å². The number of carbonyl (C=O) groups is 2. The average molecular weight is 881 g/mol. The Morgan fingerprint density at radius 3 is 1.44 bits per heavy atom. The van der Waals surface area contributed by atoms with Crippen LogP contribution in [0.2, 0.25) is 0 Å². The number of fused-ring (bicyclic) bond motifs is 2. The number of quaternary nitrogens is 2. The molecule has 3 aliphatic rings. The number of carbonyl (C=O) groups excluding carboxylic acids is 2. The number of hydrogen-bond acceptors (Lipinski definition) is 8. The lowest BCUT2D eigenvalue weighted by Crippen LogP contribution is -3.00. The maximum Gasteiger partial charge on any atom is 0.198 e. The Morgan fingerprint density at radius 2 is 1.04 bits per heavy atom. The third-order valence-corrected chi connectivity index (χ3v) is 9.95. The second kappa shape index (κ2) is 15.3. The summed E-state index contributed by atoms with van der Waals surface area (Å²) < 4.78 is 18.0. The van der Waals surface area contributed by atoms with Crippen LogP contribution < -0.4 is 57.4 Å². The molecule has 2 fully saturated rings. The van der Waals surface area contributed by atoms with Gasteiger partial charge >= 0.3 is 0 Å². The highest BCUT2D eigenvalue weighted by Gasteiger charge is 2.35. The quantitative estimate of drug-likeness (QED) is 0.0984. The summed E-state index contributed by atoms with van der Waals surface area (Å²) >= 11 is 0. The Balaban J connectivity index is 0.00000225. The molecule has 7 rings (SSSR count). The number of rotatable bonds is 12. The number of aromatic nitrogens is 6. The van der Waals surface area contributed by atoms with E-state index in [2.05, 4.69) is 34.7 Å². The number of halogens is 2. The molecule has 2 aromatic carbocycles. The fourth-order valence-corrected chi connectivity index (χ4v) is 7.08. The number of benzene rings is 2. The highest BCUT2D eigenvalue weighted by atomic mass is 127. The summed E-state index contributed by atoms with van der Waals surface area (Å²) in [5, 5.41) is 17.1. The summed E-state index contributed by atoms with van der Waals surface area (Å²) in [6.07, 6.45) is 8.87. The number of likely N-dealkylation sites (N-methyl/N-ethyl adjacent to an activating group) is 2. The van der Waals surface area contributed by atoms with Crippen LogP contribution in [0.4, 0.5) is 0 Å². The number of ketones is 2. The van der Waals surface area contributed by atoms with E-state index in [1.165, 1.54) is 51.9 Å². The van der Waals surface area contributed by atoms with Crippen molar-refractivity contribution >= 4 is 11.6 Å². The molecule has 4 heterocycles. The van der Waals surface area contributed by atoms with E-state index in [4.69, 9.17) is 9.47 Å². The maximum absolute atomic E-state index is 13.8. The number of hydrogen-bond donors (Lipinski definition) is 0. The van der Waals surface area contributed by atoms with Crippen molar-refractivity contribution in [1.29, 1.82) is 0 Å². The van der Waals surface area contributed by atoms with Crippen LogP contribution in [0.3, 0.4) is 0 Å². The molecule has 0 bridgehead atoms. The zero-order valence-electron chi connectivity index (χ0n) is 27.5. The van der Waals surface area contributed by atoms with Gasteiger partial charge in [-0.3, -0.25) is 9.59 Å². The van der Waals surface area contributed by atoms with E-state index in [0.29, 0.717) is 34.0 Å². The summed E-state index contributed by atoms with van der Waals surface area (Å²) in [6, 6.07) is 10.2. The second-order valence-corrected chi connectivity index (χ2v) is 13.5. The van der Waals surface area contributed by atoms with E-state index in [1.807, 2.05) is 21.8 Å². The minimum atomic E-state index is -0.277. The van der Waals surface area contributed by atoms with E-state index in [0.717, 1.165) is 35.1 Å². The third kappa shape index (κ3) is 7.75. The van der Waals surface area contributed by atoms with Gasteiger partial charge in [0.15, 0.2) is 11.6 Å². The largest absolute Gasteiger partial charge is 1.00 e. The second-order valence-electron chi connectivity index (χ2n) is 13.5. The highest BCUT2D eigenvalue weighted by molar-refractivity contribution is 6.30. The zero-order chi connectivity index (χ0) is 31.7. The molecule has 2 aliphatic heterocycles. The average Bonchev–Trinajstić information content (AvgIpc) is 3.89. The Morgan fingerprint density at radius 1 is 0.646 bits per heavy atom. The Hall–Kier alpha value is -2.96. The van der Waals surface area contributed by atoms with Gasteiger partial charge in [-0.25, -0.2) is 9.36 Å². The lowest BCUT2D eigenvalue weighted by atomic mass is 9.83. The van der Waals surface area contributed by atoms with Gasteiger partial charge in [0, 0.05) is 36.8 Å². The van der Waals surface area contributed by atoms with Gasteiger partial charge < -0.3 is 66.4 Å². The summed E-state index contributed by atoms with van der Waals surface area (Å²) in [7, 11) is 4.59. The highest BCUT2D eigenvalue weighted by Crippen LogP contribution is 2.37. The van der Waals surface area contributed by atoms with E-state index >= 15 is 0 Å². The van der Waals surface area contributed by atoms with Gasteiger partial charge in [0.05, 0.1) is 90.0 Å². The molecule has 0 spiro atoms. The van der Waals surface area contributed by atoms with Crippen LogP contribution in [0, 0.1) is 0 Å². The maximum atomic E-state index is 13.8. The van der Waals surface area contributed by atoms with Crippen molar-refractivity contribution in [2.45, 2.75) is 52.0 Å². The van der Waals surface area contributed by atoms with Crippen molar-refractivity contribution in [2.24, 2.45) is 0 Å². The molecule has 0 amide bonds. The first-order valence-corrected chi connectivity index (χ1v) is 16.4. The molecule has 0 saturated carbocycles. The SMILES string of the molecule is C[N+]1(CCn2cc(COc3cccc4c3C(=O)c3cccc(OCc5cn(CC[N+]6(C)CCCC6)nn5)c3C4=O)nn2)CCCC1.[I-].[I-]. The van der Waals surface area contributed by atoms with E-state index in [9.17, 15) is 9.59 Å². The van der Waals surface area contributed by atoms with Crippen molar-refractivity contribution in [3.63, 3.8) is 0 Å². The van der Waals surface area contributed by atoms with Crippen molar-refractivity contribution in [3.05, 3.63) is 82.4 Å². The topological polar surface area (TPSA) is 114 Å². The molecule has 0 unspecified atom stereocenters. The Bertz CT molecular complexity index is 1630. The fourth-order valence-electron chi connectivity index (χ4n) is 7.08. The van der Waals surface area contributed by atoms with Crippen molar-refractivity contribution < 1.29 is 76.0 Å². The fraction of sp³-hybridized carbons (Fsp3) is 0.471. The van der Waals surface area contributed by atoms with Gasteiger partial charge in [0.1, 0.15) is 36.1 Å². The molecular formula is C34H42I2N8O4. The van der Waals surface area contributed by atoms with Gasteiger partial charge in [-0.05, 0) is 12.1 Å².